The number of halogens is 1. The molecule has 1 saturated heterocycles. The maximum atomic E-state index is 11.7. The van der Waals surface area contributed by atoms with Crippen molar-refractivity contribution in [1.82, 2.24) is 9.88 Å². The summed E-state index contributed by atoms with van der Waals surface area (Å²) in [6.45, 7) is 5.16. The Morgan fingerprint density at radius 1 is 1.35 bits per heavy atom. The topological polar surface area (TPSA) is 36.4 Å². The highest BCUT2D eigenvalue weighted by atomic mass is 35.5. The number of hydrogen-bond donors (Lipinski definition) is 0. The summed E-state index contributed by atoms with van der Waals surface area (Å²) in [5.41, 5.74) is 0.987. The number of hydrogen-bond acceptors (Lipinski definition) is 4. The molecule has 2 aromatic rings. The Bertz CT molecular complexity index is 634. The van der Waals surface area contributed by atoms with Crippen LogP contribution in [0.5, 0.6) is 0 Å². The van der Waals surface area contributed by atoms with E-state index < -0.39 is 0 Å². The van der Waals surface area contributed by atoms with Gasteiger partial charge in [-0.05, 0) is 18.2 Å². The molecule has 0 N–H and O–H groups in total. The lowest BCUT2D eigenvalue weighted by Crippen LogP contribution is -2.48. The summed E-state index contributed by atoms with van der Waals surface area (Å²) in [4.78, 5) is 20.5. The van der Waals surface area contributed by atoms with Gasteiger partial charge in [-0.25, -0.2) is 4.98 Å². The van der Waals surface area contributed by atoms with Crippen LogP contribution in [0, 0.1) is 0 Å². The third kappa shape index (κ3) is 2.60. The van der Waals surface area contributed by atoms with Gasteiger partial charge in [0, 0.05) is 37.6 Å². The number of fused-ring (bicyclic) bond motifs is 1. The molecule has 0 unspecified atom stereocenters. The fraction of sp³-hybridized carbons (Fsp3) is 0.429. The molecule has 4 nitrogen and oxygen atoms in total. The van der Waals surface area contributed by atoms with Gasteiger partial charge in [0.05, 0.1) is 10.2 Å². The molecule has 2 heterocycles. The van der Waals surface area contributed by atoms with E-state index in [9.17, 15) is 4.79 Å². The number of rotatable bonds is 2. The molecule has 0 saturated carbocycles. The van der Waals surface area contributed by atoms with Crippen molar-refractivity contribution in [2.45, 2.75) is 13.3 Å². The van der Waals surface area contributed by atoms with Crippen molar-refractivity contribution in [3.63, 3.8) is 0 Å². The zero-order chi connectivity index (χ0) is 14.1. The van der Waals surface area contributed by atoms with Gasteiger partial charge in [-0.3, -0.25) is 4.79 Å². The molecule has 0 spiro atoms. The van der Waals surface area contributed by atoms with E-state index in [2.05, 4.69) is 9.88 Å². The van der Waals surface area contributed by atoms with Gasteiger partial charge in [0.1, 0.15) is 0 Å². The van der Waals surface area contributed by atoms with E-state index in [1.165, 1.54) is 0 Å². The smallest absolute Gasteiger partial charge is 0.222 e. The number of amides is 1. The van der Waals surface area contributed by atoms with Gasteiger partial charge >= 0.3 is 0 Å². The van der Waals surface area contributed by atoms with Crippen molar-refractivity contribution in [2.75, 3.05) is 31.1 Å². The average Bonchev–Trinajstić information content (AvgIpc) is 2.89. The van der Waals surface area contributed by atoms with E-state index in [4.69, 9.17) is 11.6 Å². The molecule has 1 aromatic carbocycles. The number of anilines is 1. The van der Waals surface area contributed by atoms with Crippen LogP contribution in [0.2, 0.25) is 5.02 Å². The Balaban J connectivity index is 1.75. The quantitative estimate of drug-likeness (QED) is 0.855. The van der Waals surface area contributed by atoms with Crippen LogP contribution >= 0.6 is 22.9 Å². The Hall–Kier alpha value is -1.33. The van der Waals surface area contributed by atoms with Gasteiger partial charge in [0.25, 0.3) is 0 Å². The molecule has 6 heteroatoms. The first-order valence-electron chi connectivity index (χ1n) is 6.76. The molecule has 1 fully saturated rings. The van der Waals surface area contributed by atoms with Gasteiger partial charge < -0.3 is 9.80 Å². The van der Waals surface area contributed by atoms with Crippen LogP contribution in [0.25, 0.3) is 10.2 Å². The second-order valence-corrected chi connectivity index (χ2v) is 6.28. The van der Waals surface area contributed by atoms with Crippen molar-refractivity contribution in [3.8, 4) is 0 Å². The van der Waals surface area contributed by atoms with Gasteiger partial charge in [-0.1, -0.05) is 29.9 Å². The third-order valence-corrected chi connectivity index (χ3v) is 4.86. The van der Waals surface area contributed by atoms with Crippen molar-refractivity contribution in [3.05, 3.63) is 23.2 Å². The maximum absolute atomic E-state index is 11.7. The second kappa shape index (κ2) is 5.58. The molecule has 1 aliphatic heterocycles. The molecular formula is C14H16ClN3OS. The molecule has 1 aliphatic rings. The van der Waals surface area contributed by atoms with E-state index in [-0.39, 0.29) is 5.91 Å². The van der Waals surface area contributed by atoms with E-state index in [0.29, 0.717) is 6.42 Å². The zero-order valence-corrected chi connectivity index (χ0v) is 12.9. The highest BCUT2D eigenvalue weighted by Gasteiger charge is 2.22. The molecule has 1 amide bonds. The van der Waals surface area contributed by atoms with Crippen LogP contribution in [0.15, 0.2) is 18.2 Å². The van der Waals surface area contributed by atoms with Gasteiger partial charge in [-0.2, -0.15) is 0 Å². The normalized spacial score (nSPS) is 15.9. The summed E-state index contributed by atoms with van der Waals surface area (Å²) >= 11 is 7.67. The molecule has 1 aromatic heterocycles. The summed E-state index contributed by atoms with van der Waals surface area (Å²) in [7, 11) is 0. The minimum absolute atomic E-state index is 0.237. The molecule has 3 rings (SSSR count). The zero-order valence-electron chi connectivity index (χ0n) is 11.3. The minimum atomic E-state index is 0.237. The Kier molecular flexibility index (Phi) is 3.81. The fourth-order valence-electron chi connectivity index (χ4n) is 2.39. The Labute approximate surface area is 127 Å². The summed E-state index contributed by atoms with van der Waals surface area (Å²) in [6, 6.07) is 5.77. The lowest BCUT2D eigenvalue weighted by Gasteiger charge is -2.34. The standard InChI is InChI=1S/C14H16ClN3OS/c1-2-13(19)17-5-7-18(8-6-17)14-16-11-4-3-10(15)9-12(11)20-14/h3-4,9H,2,5-8H2,1H3. The number of benzene rings is 1. The third-order valence-electron chi connectivity index (χ3n) is 3.54. The van der Waals surface area contributed by atoms with Gasteiger partial charge in [-0.15, -0.1) is 0 Å². The van der Waals surface area contributed by atoms with Crippen molar-refractivity contribution in [1.29, 1.82) is 0 Å². The molecule has 20 heavy (non-hydrogen) atoms. The summed E-state index contributed by atoms with van der Waals surface area (Å²) in [6.07, 6.45) is 0.583. The van der Waals surface area contributed by atoms with Crippen LogP contribution in [0.4, 0.5) is 5.13 Å². The largest absolute Gasteiger partial charge is 0.345 e. The van der Waals surface area contributed by atoms with Crippen LogP contribution in [0.3, 0.4) is 0 Å². The minimum Gasteiger partial charge on any atom is -0.345 e. The summed E-state index contributed by atoms with van der Waals surface area (Å²) in [5.74, 6) is 0.237. The van der Waals surface area contributed by atoms with Crippen LogP contribution in [-0.2, 0) is 4.79 Å². The summed E-state index contributed by atoms with van der Waals surface area (Å²) in [5, 5.41) is 1.76. The number of piperazine rings is 1. The molecule has 106 valence electrons. The van der Waals surface area contributed by atoms with E-state index >= 15 is 0 Å². The van der Waals surface area contributed by atoms with Gasteiger partial charge in [0.2, 0.25) is 5.91 Å². The van der Waals surface area contributed by atoms with Crippen LogP contribution < -0.4 is 4.90 Å². The highest BCUT2D eigenvalue weighted by molar-refractivity contribution is 7.22. The van der Waals surface area contributed by atoms with E-state index in [1.54, 1.807) is 11.3 Å². The monoisotopic (exact) mass is 309 g/mol. The number of carbonyl (C=O) groups excluding carboxylic acids is 1. The summed E-state index contributed by atoms with van der Waals surface area (Å²) < 4.78 is 1.11. The first-order chi connectivity index (χ1) is 9.67. The lowest BCUT2D eigenvalue weighted by atomic mass is 10.3. The van der Waals surface area contributed by atoms with Crippen molar-refractivity contribution in [2.24, 2.45) is 0 Å². The predicted octanol–water partition coefficient (Wildman–Crippen LogP) is 3.01. The Morgan fingerprint density at radius 2 is 2.10 bits per heavy atom. The predicted molar refractivity (Wildman–Crippen MR) is 83.7 cm³/mol. The first-order valence-corrected chi connectivity index (χ1v) is 7.95. The molecule has 0 bridgehead atoms. The van der Waals surface area contributed by atoms with Crippen LogP contribution in [0.1, 0.15) is 13.3 Å². The number of nitrogens with zero attached hydrogens (tertiary/aromatic N) is 3. The molecular weight excluding hydrogens is 294 g/mol. The van der Waals surface area contributed by atoms with E-state index in [1.807, 2.05) is 30.0 Å². The number of carbonyl (C=O) groups is 1. The fourth-order valence-corrected chi connectivity index (χ4v) is 3.69. The highest BCUT2D eigenvalue weighted by Crippen LogP contribution is 2.31. The first kappa shape index (κ1) is 13.6. The molecule has 0 atom stereocenters. The Morgan fingerprint density at radius 3 is 2.80 bits per heavy atom. The number of thiazole rings is 1. The van der Waals surface area contributed by atoms with E-state index in [0.717, 1.165) is 46.5 Å². The van der Waals surface area contributed by atoms with Crippen molar-refractivity contribution >= 4 is 44.2 Å². The van der Waals surface area contributed by atoms with Gasteiger partial charge in [0.15, 0.2) is 5.13 Å². The second-order valence-electron chi connectivity index (χ2n) is 4.83. The maximum Gasteiger partial charge on any atom is 0.222 e. The average molecular weight is 310 g/mol. The lowest BCUT2D eigenvalue weighted by molar-refractivity contribution is -0.131. The SMILES string of the molecule is CCC(=O)N1CCN(c2nc3ccc(Cl)cc3s2)CC1. The molecule has 0 aliphatic carbocycles. The molecule has 0 radical (unpaired) electrons. The van der Waals surface area contributed by atoms with Crippen LogP contribution in [-0.4, -0.2) is 42.0 Å². The van der Waals surface area contributed by atoms with Crippen molar-refractivity contribution < 1.29 is 4.79 Å². The number of aromatic nitrogens is 1.